The van der Waals surface area contributed by atoms with Crippen molar-refractivity contribution in [1.82, 2.24) is 9.38 Å². The summed E-state index contributed by atoms with van der Waals surface area (Å²) in [5, 5.41) is 0. The molecule has 22 heavy (non-hydrogen) atoms. The highest BCUT2D eigenvalue weighted by Crippen LogP contribution is 2.29. The second-order valence-electron chi connectivity index (χ2n) is 6.75. The molecule has 3 rings (SSSR count). The van der Waals surface area contributed by atoms with Crippen molar-refractivity contribution in [3.8, 4) is 11.3 Å². The SMILES string of the molecule is Cc1cccn2c(CCl)c(-c3ccc(C(C)(C)C)cc3)nc12. The number of alkyl halides is 1. The van der Waals surface area contributed by atoms with E-state index in [1.807, 2.05) is 12.3 Å². The molecule has 0 saturated heterocycles. The van der Waals surface area contributed by atoms with Gasteiger partial charge >= 0.3 is 0 Å². The fraction of sp³-hybridized carbons (Fsp3) is 0.316. The van der Waals surface area contributed by atoms with Crippen molar-refractivity contribution in [3.63, 3.8) is 0 Å². The molecule has 0 N–H and O–H groups in total. The van der Waals surface area contributed by atoms with Crippen LogP contribution in [0.5, 0.6) is 0 Å². The Hall–Kier alpha value is -1.80. The number of benzene rings is 1. The number of aromatic nitrogens is 2. The van der Waals surface area contributed by atoms with Gasteiger partial charge in [-0.05, 0) is 29.5 Å². The van der Waals surface area contributed by atoms with E-state index in [2.05, 4.69) is 62.4 Å². The third-order valence-corrected chi connectivity index (χ3v) is 4.35. The Morgan fingerprint density at radius 3 is 2.36 bits per heavy atom. The van der Waals surface area contributed by atoms with Gasteiger partial charge in [0.15, 0.2) is 0 Å². The van der Waals surface area contributed by atoms with Crippen molar-refractivity contribution in [2.75, 3.05) is 0 Å². The number of aryl methyl sites for hydroxylation is 1. The lowest BCUT2D eigenvalue weighted by Crippen LogP contribution is -2.10. The Morgan fingerprint density at radius 1 is 1.09 bits per heavy atom. The first-order valence-corrected chi connectivity index (χ1v) is 8.08. The molecule has 1 aromatic carbocycles. The molecule has 0 fully saturated rings. The maximum atomic E-state index is 6.20. The van der Waals surface area contributed by atoms with Gasteiger partial charge in [0.05, 0.1) is 17.3 Å². The number of imidazole rings is 1. The van der Waals surface area contributed by atoms with Gasteiger partial charge in [-0.25, -0.2) is 4.98 Å². The first kappa shape index (κ1) is 15.1. The molecule has 0 aliphatic rings. The summed E-state index contributed by atoms with van der Waals surface area (Å²) in [5.41, 5.74) is 6.76. The lowest BCUT2D eigenvalue weighted by molar-refractivity contribution is 0.590. The standard InChI is InChI=1S/C19H21ClN2/c1-13-6-5-11-22-16(12-20)17(21-18(13)22)14-7-9-15(10-8-14)19(2,3)4/h5-11H,12H2,1-4H3. The summed E-state index contributed by atoms with van der Waals surface area (Å²) in [6.07, 6.45) is 2.03. The molecule has 3 heteroatoms. The highest BCUT2D eigenvalue weighted by molar-refractivity contribution is 6.17. The summed E-state index contributed by atoms with van der Waals surface area (Å²) in [4.78, 5) is 4.82. The number of nitrogens with zero attached hydrogens (tertiary/aromatic N) is 2. The summed E-state index contributed by atoms with van der Waals surface area (Å²) in [5.74, 6) is 0.445. The van der Waals surface area contributed by atoms with Crippen LogP contribution >= 0.6 is 11.6 Å². The van der Waals surface area contributed by atoms with Crippen molar-refractivity contribution in [3.05, 3.63) is 59.4 Å². The van der Waals surface area contributed by atoms with Gasteiger partial charge in [-0.3, -0.25) is 0 Å². The van der Waals surface area contributed by atoms with Crippen LogP contribution in [-0.4, -0.2) is 9.38 Å². The highest BCUT2D eigenvalue weighted by atomic mass is 35.5. The van der Waals surface area contributed by atoms with Crippen molar-refractivity contribution < 1.29 is 0 Å². The van der Waals surface area contributed by atoms with Crippen LogP contribution in [0.2, 0.25) is 0 Å². The Labute approximate surface area is 136 Å². The number of rotatable bonds is 2. The first-order chi connectivity index (χ1) is 10.4. The van der Waals surface area contributed by atoms with E-state index in [1.54, 1.807) is 0 Å². The van der Waals surface area contributed by atoms with Crippen LogP contribution in [0.3, 0.4) is 0 Å². The zero-order valence-corrected chi connectivity index (χ0v) is 14.3. The van der Waals surface area contributed by atoms with E-state index in [1.165, 1.54) is 5.56 Å². The van der Waals surface area contributed by atoms with E-state index in [-0.39, 0.29) is 5.41 Å². The molecule has 0 bridgehead atoms. The van der Waals surface area contributed by atoms with Gasteiger partial charge < -0.3 is 4.40 Å². The van der Waals surface area contributed by atoms with Crippen molar-refractivity contribution in [2.45, 2.75) is 39.0 Å². The fourth-order valence-corrected chi connectivity index (χ4v) is 3.00. The van der Waals surface area contributed by atoms with Crippen LogP contribution in [0.4, 0.5) is 0 Å². The minimum atomic E-state index is 0.156. The van der Waals surface area contributed by atoms with Crippen LogP contribution in [0.15, 0.2) is 42.6 Å². The molecular weight excluding hydrogens is 292 g/mol. The van der Waals surface area contributed by atoms with Crippen LogP contribution in [-0.2, 0) is 11.3 Å². The third-order valence-electron chi connectivity index (χ3n) is 4.10. The van der Waals surface area contributed by atoms with Gasteiger partial charge in [0.25, 0.3) is 0 Å². The molecule has 0 amide bonds. The average Bonchev–Trinajstić information content (AvgIpc) is 2.86. The summed E-state index contributed by atoms with van der Waals surface area (Å²) >= 11 is 6.20. The summed E-state index contributed by atoms with van der Waals surface area (Å²) in [7, 11) is 0. The zero-order chi connectivity index (χ0) is 15.9. The number of halogens is 1. The predicted octanol–water partition coefficient (Wildman–Crippen LogP) is 5.35. The summed E-state index contributed by atoms with van der Waals surface area (Å²) in [6, 6.07) is 12.8. The van der Waals surface area contributed by atoms with E-state index in [4.69, 9.17) is 16.6 Å². The van der Waals surface area contributed by atoms with Crippen LogP contribution in [0.25, 0.3) is 16.9 Å². The smallest absolute Gasteiger partial charge is 0.140 e. The van der Waals surface area contributed by atoms with E-state index in [0.717, 1.165) is 28.2 Å². The van der Waals surface area contributed by atoms with Crippen LogP contribution in [0, 0.1) is 6.92 Å². The Bertz CT molecular complexity index is 808. The molecule has 0 spiro atoms. The van der Waals surface area contributed by atoms with Crippen molar-refractivity contribution >= 4 is 17.2 Å². The maximum absolute atomic E-state index is 6.20. The minimum Gasteiger partial charge on any atom is -0.302 e. The summed E-state index contributed by atoms with van der Waals surface area (Å²) in [6.45, 7) is 8.74. The molecule has 114 valence electrons. The van der Waals surface area contributed by atoms with Gasteiger partial charge in [-0.1, -0.05) is 51.1 Å². The Balaban J connectivity index is 2.16. The fourth-order valence-electron chi connectivity index (χ4n) is 2.74. The maximum Gasteiger partial charge on any atom is 0.140 e. The predicted molar refractivity (Wildman–Crippen MR) is 93.6 cm³/mol. The largest absolute Gasteiger partial charge is 0.302 e. The van der Waals surface area contributed by atoms with Gasteiger partial charge in [0.2, 0.25) is 0 Å². The van der Waals surface area contributed by atoms with E-state index in [9.17, 15) is 0 Å². The molecule has 0 aliphatic heterocycles. The van der Waals surface area contributed by atoms with E-state index < -0.39 is 0 Å². The second-order valence-corrected chi connectivity index (χ2v) is 7.02. The average molecular weight is 313 g/mol. The summed E-state index contributed by atoms with van der Waals surface area (Å²) < 4.78 is 2.09. The van der Waals surface area contributed by atoms with Crippen molar-refractivity contribution in [2.24, 2.45) is 0 Å². The van der Waals surface area contributed by atoms with Crippen LogP contribution in [0.1, 0.15) is 37.6 Å². The van der Waals surface area contributed by atoms with Crippen molar-refractivity contribution in [1.29, 1.82) is 0 Å². The van der Waals surface area contributed by atoms with E-state index >= 15 is 0 Å². The number of hydrogen-bond acceptors (Lipinski definition) is 1. The first-order valence-electron chi connectivity index (χ1n) is 7.55. The lowest BCUT2D eigenvalue weighted by Gasteiger charge is -2.19. The molecule has 2 heterocycles. The molecule has 2 aromatic heterocycles. The minimum absolute atomic E-state index is 0.156. The Kier molecular flexibility index (Phi) is 3.73. The van der Waals surface area contributed by atoms with Gasteiger partial charge in [-0.2, -0.15) is 0 Å². The van der Waals surface area contributed by atoms with Gasteiger partial charge in [0, 0.05) is 11.8 Å². The normalized spacial score (nSPS) is 12.0. The van der Waals surface area contributed by atoms with Gasteiger partial charge in [-0.15, -0.1) is 11.6 Å². The number of fused-ring (bicyclic) bond motifs is 1. The number of hydrogen-bond donors (Lipinski definition) is 0. The lowest BCUT2D eigenvalue weighted by atomic mass is 9.86. The quantitative estimate of drug-likeness (QED) is 0.583. The molecule has 3 aromatic rings. The highest BCUT2D eigenvalue weighted by Gasteiger charge is 2.16. The van der Waals surface area contributed by atoms with Gasteiger partial charge in [0.1, 0.15) is 5.65 Å². The second kappa shape index (κ2) is 5.44. The molecule has 2 nitrogen and oxygen atoms in total. The Morgan fingerprint density at radius 2 is 1.77 bits per heavy atom. The monoisotopic (exact) mass is 312 g/mol. The molecule has 0 unspecified atom stereocenters. The molecular formula is C19H21ClN2. The number of pyridine rings is 1. The molecule has 0 saturated carbocycles. The topological polar surface area (TPSA) is 17.3 Å². The van der Waals surface area contributed by atoms with Crippen LogP contribution < -0.4 is 0 Å². The third kappa shape index (κ3) is 2.52. The zero-order valence-electron chi connectivity index (χ0n) is 13.5. The van der Waals surface area contributed by atoms with E-state index in [0.29, 0.717) is 5.88 Å². The molecule has 0 aliphatic carbocycles. The molecule has 0 atom stereocenters. The molecule has 0 radical (unpaired) electrons.